The van der Waals surface area contributed by atoms with Gasteiger partial charge in [-0.25, -0.2) is 8.42 Å². The number of amides is 1. The van der Waals surface area contributed by atoms with Crippen LogP contribution in [0.4, 0.5) is 17.1 Å². The van der Waals surface area contributed by atoms with Gasteiger partial charge in [0.25, 0.3) is 15.9 Å². The maximum Gasteiger partial charge on any atom is 0.264 e. The van der Waals surface area contributed by atoms with Gasteiger partial charge in [0, 0.05) is 35.1 Å². The zero-order chi connectivity index (χ0) is 24.1. The molecule has 2 N–H and O–H groups in total. The third-order valence-electron chi connectivity index (χ3n) is 5.21. The van der Waals surface area contributed by atoms with Crippen LogP contribution in [0.3, 0.4) is 0 Å². The first-order valence-electron chi connectivity index (χ1n) is 10.4. The van der Waals surface area contributed by atoms with Gasteiger partial charge in [0.2, 0.25) is 0 Å². The summed E-state index contributed by atoms with van der Waals surface area (Å²) in [6, 6.07) is 19.3. The fourth-order valence-corrected chi connectivity index (χ4v) is 4.97. The Morgan fingerprint density at radius 3 is 2.41 bits per heavy atom. The molecule has 0 atom stereocenters. The summed E-state index contributed by atoms with van der Waals surface area (Å²) in [4.78, 5) is 14.7. The third kappa shape index (κ3) is 5.48. The minimum atomic E-state index is -4.01. The quantitative estimate of drug-likeness (QED) is 0.531. The van der Waals surface area contributed by atoms with E-state index >= 15 is 0 Å². The van der Waals surface area contributed by atoms with Crippen molar-refractivity contribution in [3.05, 3.63) is 82.9 Å². The number of carbonyl (C=O) groups excluding carboxylic acids is 1. The zero-order valence-electron chi connectivity index (χ0n) is 18.0. The highest BCUT2D eigenvalue weighted by Gasteiger charge is 2.24. The number of nitriles is 1. The van der Waals surface area contributed by atoms with Gasteiger partial charge in [-0.15, -0.1) is 0 Å². The average molecular weight is 497 g/mol. The predicted octanol–water partition coefficient (Wildman–Crippen LogP) is 4.10. The molecule has 1 amide bonds. The molecule has 1 heterocycles. The van der Waals surface area contributed by atoms with Crippen molar-refractivity contribution in [3.8, 4) is 6.07 Å². The predicted molar refractivity (Wildman–Crippen MR) is 131 cm³/mol. The first-order chi connectivity index (χ1) is 16.4. The molecule has 1 aliphatic rings. The lowest BCUT2D eigenvalue weighted by molar-refractivity contribution is 0.102. The lowest BCUT2D eigenvalue weighted by Gasteiger charge is -2.30. The number of rotatable bonds is 6. The summed E-state index contributed by atoms with van der Waals surface area (Å²) in [7, 11) is -4.01. The van der Waals surface area contributed by atoms with Crippen molar-refractivity contribution in [2.75, 3.05) is 41.2 Å². The Balaban J connectivity index is 1.68. The van der Waals surface area contributed by atoms with E-state index < -0.39 is 15.9 Å². The van der Waals surface area contributed by atoms with Crippen molar-refractivity contribution in [2.24, 2.45) is 0 Å². The van der Waals surface area contributed by atoms with Gasteiger partial charge in [-0.05, 0) is 60.7 Å². The van der Waals surface area contributed by atoms with Gasteiger partial charge in [-0.2, -0.15) is 5.26 Å². The van der Waals surface area contributed by atoms with Crippen LogP contribution in [-0.4, -0.2) is 40.6 Å². The molecule has 0 bridgehead atoms. The number of anilines is 3. The number of sulfonamides is 1. The van der Waals surface area contributed by atoms with E-state index in [1.807, 2.05) is 11.0 Å². The molecule has 3 aromatic carbocycles. The highest BCUT2D eigenvalue weighted by Crippen LogP contribution is 2.31. The molecule has 10 heteroatoms. The van der Waals surface area contributed by atoms with E-state index in [9.17, 15) is 13.2 Å². The van der Waals surface area contributed by atoms with E-state index in [0.717, 1.165) is 0 Å². The number of morpholine rings is 1. The molecule has 1 fully saturated rings. The number of benzene rings is 3. The maximum atomic E-state index is 13.4. The Labute approximate surface area is 202 Å². The standard InChI is InChI=1S/C24H21ClN4O4S/c25-19-4-6-20(7-5-19)28-34(31,32)23-15-21(8-9-22(23)29-10-12-33-13-11-29)27-24(30)18-3-1-2-17(14-18)16-26/h1-9,14-15,28H,10-13H2,(H,27,30). The lowest BCUT2D eigenvalue weighted by Crippen LogP contribution is -2.37. The number of halogens is 1. The first kappa shape index (κ1) is 23.6. The molecule has 34 heavy (non-hydrogen) atoms. The van der Waals surface area contributed by atoms with Crippen molar-refractivity contribution < 1.29 is 17.9 Å². The monoisotopic (exact) mass is 496 g/mol. The van der Waals surface area contributed by atoms with Gasteiger partial charge in [-0.3, -0.25) is 9.52 Å². The van der Waals surface area contributed by atoms with Crippen molar-refractivity contribution in [1.82, 2.24) is 0 Å². The highest BCUT2D eigenvalue weighted by molar-refractivity contribution is 7.92. The summed E-state index contributed by atoms with van der Waals surface area (Å²) in [5, 5.41) is 12.3. The topological polar surface area (TPSA) is 112 Å². The van der Waals surface area contributed by atoms with Gasteiger partial charge < -0.3 is 15.0 Å². The second kappa shape index (κ2) is 10.1. The van der Waals surface area contributed by atoms with Crippen LogP contribution in [0.5, 0.6) is 0 Å². The van der Waals surface area contributed by atoms with E-state index in [1.165, 1.54) is 12.1 Å². The molecule has 8 nitrogen and oxygen atoms in total. The Kier molecular flexibility index (Phi) is 7.03. The van der Waals surface area contributed by atoms with Crippen LogP contribution in [0.2, 0.25) is 5.02 Å². The first-order valence-corrected chi connectivity index (χ1v) is 12.3. The molecule has 0 aliphatic carbocycles. The van der Waals surface area contributed by atoms with E-state index in [0.29, 0.717) is 59.5 Å². The Morgan fingerprint density at radius 1 is 1.00 bits per heavy atom. The van der Waals surface area contributed by atoms with E-state index in [1.54, 1.807) is 54.6 Å². The molecule has 1 saturated heterocycles. The number of hydrogen-bond acceptors (Lipinski definition) is 6. The minimum Gasteiger partial charge on any atom is -0.378 e. The van der Waals surface area contributed by atoms with Crippen molar-refractivity contribution >= 4 is 44.6 Å². The molecule has 0 unspecified atom stereocenters. The molecule has 0 spiro atoms. The minimum absolute atomic E-state index is 0.0212. The highest BCUT2D eigenvalue weighted by atomic mass is 35.5. The molecule has 0 radical (unpaired) electrons. The second-order valence-electron chi connectivity index (χ2n) is 7.54. The molecule has 1 aliphatic heterocycles. The van der Waals surface area contributed by atoms with Gasteiger partial charge >= 0.3 is 0 Å². The van der Waals surface area contributed by atoms with E-state index in [4.69, 9.17) is 21.6 Å². The smallest absolute Gasteiger partial charge is 0.264 e. The molecular weight excluding hydrogens is 476 g/mol. The van der Waals surface area contributed by atoms with E-state index in [-0.39, 0.29) is 4.90 Å². The number of carbonyl (C=O) groups is 1. The molecule has 0 saturated carbocycles. The SMILES string of the molecule is N#Cc1cccc(C(=O)Nc2ccc(N3CCOCC3)c(S(=O)(=O)Nc3ccc(Cl)cc3)c2)c1. The molecule has 174 valence electrons. The van der Waals surface area contributed by atoms with Gasteiger partial charge in [-0.1, -0.05) is 17.7 Å². The van der Waals surface area contributed by atoms with Crippen LogP contribution in [0.15, 0.2) is 71.6 Å². The van der Waals surface area contributed by atoms with Crippen molar-refractivity contribution in [1.29, 1.82) is 5.26 Å². The summed E-state index contributed by atoms with van der Waals surface area (Å²) in [6.07, 6.45) is 0. The summed E-state index contributed by atoms with van der Waals surface area (Å²) in [6.45, 7) is 2.04. The van der Waals surface area contributed by atoms with Gasteiger partial charge in [0.15, 0.2) is 0 Å². The largest absolute Gasteiger partial charge is 0.378 e. The van der Waals surface area contributed by atoms with E-state index in [2.05, 4.69) is 10.0 Å². The average Bonchev–Trinajstić information content (AvgIpc) is 2.86. The number of hydrogen-bond donors (Lipinski definition) is 2. The fraction of sp³-hybridized carbons (Fsp3) is 0.167. The van der Waals surface area contributed by atoms with Crippen molar-refractivity contribution in [2.45, 2.75) is 4.90 Å². The Bertz CT molecular complexity index is 1350. The van der Waals surface area contributed by atoms with Gasteiger partial charge in [0.1, 0.15) is 4.90 Å². The van der Waals surface area contributed by atoms with Crippen LogP contribution < -0.4 is 14.9 Å². The maximum absolute atomic E-state index is 13.4. The summed E-state index contributed by atoms with van der Waals surface area (Å²) >= 11 is 5.91. The molecule has 3 aromatic rings. The van der Waals surface area contributed by atoms with Gasteiger partial charge in [0.05, 0.1) is 30.5 Å². The summed E-state index contributed by atoms with van der Waals surface area (Å²) in [5.41, 5.74) is 1.82. The normalized spacial score (nSPS) is 13.7. The number of nitrogens with one attached hydrogen (secondary N) is 2. The number of nitrogens with zero attached hydrogens (tertiary/aromatic N) is 2. The molecule has 4 rings (SSSR count). The Morgan fingerprint density at radius 2 is 1.71 bits per heavy atom. The second-order valence-corrected chi connectivity index (χ2v) is 9.63. The summed E-state index contributed by atoms with van der Waals surface area (Å²) < 4.78 is 34.8. The van der Waals surface area contributed by atoms with Crippen LogP contribution in [0.1, 0.15) is 15.9 Å². The fourth-order valence-electron chi connectivity index (χ4n) is 3.53. The zero-order valence-corrected chi connectivity index (χ0v) is 19.6. The third-order valence-corrected chi connectivity index (χ3v) is 6.87. The van der Waals surface area contributed by atoms with Crippen LogP contribution in [-0.2, 0) is 14.8 Å². The van der Waals surface area contributed by atoms with Crippen LogP contribution in [0, 0.1) is 11.3 Å². The molecular formula is C24H21ClN4O4S. The van der Waals surface area contributed by atoms with Crippen LogP contribution in [0.25, 0.3) is 0 Å². The molecule has 0 aromatic heterocycles. The number of ether oxygens (including phenoxy) is 1. The Hall–Kier alpha value is -3.58. The van der Waals surface area contributed by atoms with Crippen LogP contribution >= 0.6 is 11.6 Å². The lowest BCUT2D eigenvalue weighted by atomic mass is 10.1. The summed E-state index contributed by atoms with van der Waals surface area (Å²) in [5.74, 6) is -0.453. The van der Waals surface area contributed by atoms with Crippen molar-refractivity contribution in [3.63, 3.8) is 0 Å².